The smallest absolute Gasteiger partial charge is 0.311 e. The van der Waals surface area contributed by atoms with E-state index in [1.165, 1.54) is 31.6 Å². The van der Waals surface area contributed by atoms with Crippen LogP contribution in [0.2, 0.25) is 0 Å². The van der Waals surface area contributed by atoms with Gasteiger partial charge in [-0.1, -0.05) is 52.7 Å². The van der Waals surface area contributed by atoms with Crippen molar-refractivity contribution in [2.45, 2.75) is 232 Å². The van der Waals surface area contributed by atoms with Crippen molar-refractivity contribution in [3.05, 3.63) is 11.1 Å². The van der Waals surface area contributed by atoms with E-state index in [0.717, 1.165) is 19.3 Å². The summed E-state index contributed by atoms with van der Waals surface area (Å²) in [5.74, 6) is -3.34. The zero-order valence-electron chi connectivity index (χ0n) is 41.1. The standard InChI is InChI=1S/C48H88N2O12/c1-17-35-48(13,56)40(52)29(5)37(49-22-20-33-26(2)19-18-21-45(33,9)10)27(3)24-46(11,55)42(62-44-38(51)34(50(14)15)23-28(4)58-44)30(6)39(31(7)43(54)60-35)61-36-25-47(12,57-16)41(53)32(8)59-36/h27-32,34-42,44,49,51-53,55-56H,17-25H2,1-16H3/t27-,28-,29+,30+,31-,32+,34+,35?,36+,37+,38-,39?,40-,41+,42-,44+,46-,47-,48-/m1/s1. The fraction of sp³-hybridized carbons (Fsp3) is 0.938. The molecular formula is C48H88N2O12. The van der Waals surface area contributed by atoms with Gasteiger partial charge in [-0.3, -0.25) is 4.79 Å². The molecule has 14 nitrogen and oxygen atoms in total. The highest BCUT2D eigenvalue weighted by atomic mass is 16.7. The molecule has 62 heavy (non-hydrogen) atoms. The van der Waals surface area contributed by atoms with E-state index in [-0.39, 0.29) is 42.7 Å². The van der Waals surface area contributed by atoms with Crippen molar-refractivity contribution in [3.63, 3.8) is 0 Å². The molecule has 0 amide bonds. The number of rotatable bonds is 11. The van der Waals surface area contributed by atoms with Gasteiger partial charge in [0.15, 0.2) is 12.6 Å². The summed E-state index contributed by atoms with van der Waals surface area (Å²) in [5, 5.41) is 64.0. The van der Waals surface area contributed by atoms with Crippen LogP contribution in [0.4, 0.5) is 0 Å². The van der Waals surface area contributed by atoms with Gasteiger partial charge in [-0.05, 0) is 125 Å². The summed E-state index contributed by atoms with van der Waals surface area (Å²) in [6.45, 7) is 25.4. The minimum atomic E-state index is -1.85. The Hall–Kier alpha value is -1.27. The Morgan fingerprint density at radius 3 is 2.13 bits per heavy atom. The van der Waals surface area contributed by atoms with Crippen molar-refractivity contribution < 1.29 is 58.7 Å². The van der Waals surface area contributed by atoms with E-state index in [0.29, 0.717) is 13.0 Å². The van der Waals surface area contributed by atoms with Crippen molar-refractivity contribution in [1.82, 2.24) is 10.2 Å². The molecule has 0 saturated carbocycles. The molecule has 0 bridgehead atoms. The predicted octanol–water partition coefficient (Wildman–Crippen LogP) is 5.09. The first kappa shape index (κ1) is 53.3. The van der Waals surface area contributed by atoms with Crippen molar-refractivity contribution in [3.8, 4) is 0 Å². The van der Waals surface area contributed by atoms with Crippen LogP contribution in [0.3, 0.4) is 0 Å². The molecule has 1 aliphatic carbocycles. The average molecular weight is 885 g/mol. The van der Waals surface area contributed by atoms with Crippen LogP contribution in [0, 0.1) is 29.1 Å². The number of nitrogens with one attached hydrogen (secondary N) is 1. The third kappa shape index (κ3) is 11.8. The molecule has 4 rings (SSSR count). The Balaban J connectivity index is 1.84. The summed E-state index contributed by atoms with van der Waals surface area (Å²) in [4.78, 5) is 16.4. The number of esters is 1. The molecular weight excluding hydrogens is 797 g/mol. The molecule has 0 aromatic heterocycles. The largest absolute Gasteiger partial charge is 0.459 e. The summed E-state index contributed by atoms with van der Waals surface area (Å²) in [5.41, 5.74) is -1.60. The SMILES string of the molecule is CCC1OC(=O)[C@H](C)C(O[C@H]2C[C@@](C)(OC)[C@@H](O)[C@H](C)O2)[C@H](C)[C@@H](O[C@@H]2O[C@H](C)C[C@H](N(C)C)[C@H]2O)[C@](C)(O)C[C@@H](C)[C@H](NCCC2=C(C)CCCC2(C)C)[C@H](C)[C@@H](O)[C@]1(C)O. The normalized spacial score (nSPS) is 46.6. The summed E-state index contributed by atoms with van der Waals surface area (Å²) in [7, 11) is 5.31. The molecule has 0 radical (unpaired) electrons. The Labute approximate surface area is 373 Å². The van der Waals surface area contributed by atoms with E-state index in [1.807, 2.05) is 46.7 Å². The van der Waals surface area contributed by atoms with Crippen LogP contribution >= 0.6 is 0 Å². The third-order valence-corrected chi connectivity index (χ3v) is 15.5. The van der Waals surface area contributed by atoms with E-state index >= 15 is 0 Å². The van der Waals surface area contributed by atoms with Gasteiger partial charge in [0.1, 0.15) is 23.9 Å². The molecule has 0 aromatic carbocycles. The van der Waals surface area contributed by atoms with Crippen molar-refractivity contribution >= 4 is 5.97 Å². The fourth-order valence-corrected chi connectivity index (χ4v) is 11.6. The summed E-state index contributed by atoms with van der Waals surface area (Å²) in [6, 6.07) is -0.709. The number of carbonyl (C=O) groups excluding carboxylic acids is 1. The van der Waals surface area contributed by atoms with Gasteiger partial charge in [-0.2, -0.15) is 0 Å². The number of cyclic esters (lactones) is 1. The van der Waals surface area contributed by atoms with Gasteiger partial charge in [0.25, 0.3) is 0 Å². The van der Waals surface area contributed by atoms with E-state index in [9.17, 15) is 30.3 Å². The zero-order chi connectivity index (χ0) is 46.9. The van der Waals surface area contributed by atoms with Crippen molar-refractivity contribution in [2.24, 2.45) is 29.1 Å². The molecule has 3 saturated heterocycles. The number of aliphatic hydroxyl groups excluding tert-OH is 3. The number of carbonyl (C=O) groups is 1. The maximum atomic E-state index is 14.5. The lowest BCUT2D eigenvalue weighted by Gasteiger charge is -2.49. The zero-order valence-corrected chi connectivity index (χ0v) is 41.1. The fourth-order valence-electron chi connectivity index (χ4n) is 11.6. The van der Waals surface area contributed by atoms with Crippen LogP contribution in [0.5, 0.6) is 0 Å². The van der Waals surface area contributed by atoms with E-state index in [1.54, 1.807) is 34.6 Å². The summed E-state index contributed by atoms with van der Waals surface area (Å²) >= 11 is 0. The molecule has 14 heteroatoms. The number of methoxy groups -OCH3 is 1. The summed E-state index contributed by atoms with van der Waals surface area (Å²) in [6.07, 6.45) is -4.35. The van der Waals surface area contributed by atoms with Gasteiger partial charge in [0, 0.05) is 37.5 Å². The van der Waals surface area contributed by atoms with Crippen LogP contribution in [-0.4, -0.2) is 154 Å². The number of aliphatic hydroxyl groups is 5. The first-order valence-electron chi connectivity index (χ1n) is 23.6. The Morgan fingerprint density at radius 1 is 0.903 bits per heavy atom. The van der Waals surface area contributed by atoms with E-state index in [4.69, 9.17) is 28.4 Å². The van der Waals surface area contributed by atoms with Crippen LogP contribution in [0.1, 0.15) is 141 Å². The highest BCUT2D eigenvalue weighted by Gasteiger charge is 2.53. The first-order chi connectivity index (χ1) is 28.6. The van der Waals surface area contributed by atoms with Gasteiger partial charge in [0.2, 0.25) is 0 Å². The molecule has 2 unspecified atom stereocenters. The van der Waals surface area contributed by atoms with Crippen LogP contribution in [-0.2, 0) is 33.2 Å². The number of allylic oxidation sites excluding steroid dienone is 1. The second-order valence-corrected chi connectivity index (χ2v) is 21.4. The predicted molar refractivity (Wildman–Crippen MR) is 238 cm³/mol. The number of ether oxygens (including phenoxy) is 6. The second kappa shape index (κ2) is 21.1. The van der Waals surface area contributed by atoms with Gasteiger partial charge in [-0.15, -0.1) is 0 Å². The molecule has 6 N–H and O–H groups in total. The first-order valence-corrected chi connectivity index (χ1v) is 23.6. The third-order valence-electron chi connectivity index (χ3n) is 15.5. The second-order valence-electron chi connectivity index (χ2n) is 21.4. The molecule has 3 heterocycles. The molecule has 3 aliphatic heterocycles. The van der Waals surface area contributed by atoms with Gasteiger partial charge in [-0.25, -0.2) is 0 Å². The quantitative estimate of drug-likeness (QED) is 0.119. The lowest BCUT2D eigenvalue weighted by atomic mass is 9.71. The van der Waals surface area contributed by atoms with Gasteiger partial charge >= 0.3 is 5.97 Å². The number of nitrogens with zero attached hydrogens (tertiary/aromatic N) is 1. The average Bonchev–Trinajstić information content (AvgIpc) is 3.18. The monoisotopic (exact) mass is 885 g/mol. The highest BCUT2D eigenvalue weighted by molar-refractivity contribution is 5.73. The highest BCUT2D eigenvalue weighted by Crippen LogP contribution is 2.43. The molecule has 0 spiro atoms. The van der Waals surface area contributed by atoms with Crippen LogP contribution in [0.15, 0.2) is 11.1 Å². The van der Waals surface area contributed by atoms with E-state index in [2.05, 4.69) is 26.1 Å². The summed E-state index contributed by atoms with van der Waals surface area (Å²) < 4.78 is 38.2. The van der Waals surface area contributed by atoms with Gasteiger partial charge in [0.05, 0.1) is 47.6 Å². The molecule has 19 atom stereocenters. The minimum absolute atomic E-state index is 0.0730. The number of likely N-dealkylation sites (N-methyl/N-ethyl adjacent to an activating group) is 1. The maximum absolute atomic E-state index is 14.5. The van der Waals surface area contributed by atoms with Crippen LogP contribution in [0.25, 0.3) is 0 Å². The topological polar surface area (TPSA) is 189 Å². The van der Waals surface area contributed by atoms with Crippen molar-refractivity contribution in [1.29, 1.82) is 0 Å². The molecule has 0 aromatic rings. The number of hydrogen-bond donors (Lipinski definition) is 6. The van der Waals surface area contributed by atoms with Crippen LogP contribution < -0.4 is 5.32 Å². The number of hydrogen-bond acceptors (Lipinski definition) is 14. The van der Waals surface area contributed by atoms with Gasteiger partial charge < -0.3 is 64.2 Å². The lowest BCUT2D eigenvalue weighted by molar-refractivity contribution is -0.318. The maximum Gasteiger partial charge on any atom is 0.311 e. The molecule has 362 valence electrons. The molecule has 4 aliphatic rings. The Kier molecular flexibility index (Phi) is 18.2. The van der Waals surface area contributed by atoms with Crippen molar-refractivity contribution in [2.75, 3.05) is 27.7 Å². The Morgan fingerprint density at radius 2 is 1.55 bits per heavy atom. The lowest BCUT2D eigenvalue weighted by Crippen LogP contribution is -2.62. The molecule has 3 fully saturated rings. The minimum Gasteiger partial charge on any atom is -0.459 e. The Bertz CT molecular complexity index is 1490. The van der Waals surface area contributed by atoms with E-state index < -0.39 is 102 Å².